The summed E-state index contributed by atoms with van der Waals surface area (Å²) in [4.78, 5) is 30.4. The monoisotopic (exact) mass is 593 g/mol. The number of aromatic nitrogens is 4. The Labute approximate surface area is 255 Å². The largest absolute Gasteiger partial charge is 0.488 e. The van der Waals surface area contributed by atoms with Crippen molar-refractivity contribution in [2.45, 2.75) is 39.3 Å². The van der Waals surface area contributed by atoms with Crippen molar-refractivity contribution in [1.82, 2.24) is 24.4 Å². The molecule has 11 nitrogen and oxygen atoms in total. The van der Waals surface area contributed by atoms with Crippen molar-refractivity contribution in [2.24, 2.45) is 7.05 Å². The molecule has 0 spiro atoms. The molecule has 1 saturated heterocycles. The number of benzene rings is 3. The van der Waals surface area contributed by atoms with Crippen LogP contribution in [0.4, 0.5) is 22.0 Å². The van der Waals surface area contributed by atoms with E-state index >= 15 is 0 Å². The Morgan fingerprint density at radius 1 is 1.02 bits per heavy atom. The van der Waals surface area contributed by atoms with Crippen molar-refractivity contribution in [3.63, 3.8) is 0 Å². The first-order chi connectivity index (χ1) is 21.1. The molecule has 0 saturated carbocycles. The van der Waals surface area contributed by atoms with Crippen molar-refractivity contribution in [3.8, 4) is 17.2 Å². The summed E-state index contributed by atoms with van der Waals surface area (Å²) in [6.07, 6.45) is 3.06. The predicted molar refractivity (Wildman–Crippen MR) is 169 cm³/mol. The molecule has 226 valence electrons. The molecule has 44 heavy (non-hydrogen) atoms. The van der Waals surface area contributed by atoms with Crippen LogP contribution in [0.1, 0.15) is 26.3 Å². The first-order valence-corrected chi connectivity index (χ1v) is 14.7. The fraction of sp³-hybridized carbons (Fsp3) is 0.333. The van der Waals surface area contributed by atoms with Crippen LogP contribution in [0.15, 0.2) is 61.2 Å². The van der Waals surface area contributed by atoms with Gasteiger partial charge in [-0.3, -0.25) is 0 Å². The molecule has 1 atom stereocenters. The van der Waals surface area contributed by atoms with Crippen molar-refractivity contribution >= 4 is 45.2 Å². The van der Waals surface area contributed by atoms with Gasteiger partial charge in [-0.2, -0.15) is 0 Å². The lowest BCUT2D eigenvalue weighted by molar-refractivity contribution is 0.0195. The summed E-state index contributed by atoms with van der Waals surface area (Å²) in [6, 6.07) is 15.9. The summed E-state index contributed by atoms with van der Waals surface area (Å²) in [5.74, 6) is 2.90. The smallest absolute Gasteiger partial charge is 0.410 e. The number of amides is 1. The summed E-state index contributed by atoms with van der Waals surface area (Å²) in [5.41, 5.74) is 5.00. The van der Waals surface area contributed by atoms with Gasteiger partial charge in [0.1, 0.15) is 35.9 Å². The Morgan fingerprint density at radius 3 is 2.70 bits per heavy atom. The minimum absolute atomic E-state index is 0.0239. The maximum Gasteiger partial charge on any atom is 0.410 e. The van der Waals surface area contributed by atoms with E-state index in [4.69, 9.17) is 14.2 Å². The topological polar surface area (TPSA) is 107 Å². The van der Waals surface area contributed by atoms with Crippen molar-refractivity contribution < 1.29 is 19.0 Å². The number of hydrogen-bond acceptors (Lipinski definition) is 9. The summed E-state index contributed by atoms with van der Waals surface area (Å²) in [7, 11) is 1.97. The molecule has 5 aromatic rings. The second kappa shape index (κ2) is 10.6. The number of carbonyl (C=O) groups excluding carboxylic acids is 1. The average molecular weight is 594 g/mol. The van der Waals surface area contributed by atoms with E-state index in [1.165, 1.54) is 0 Å². The molecule has 1 amide bonds. The number of piperazine rings is 1. The van der Waals surface area contributed by atoms with E-state index in [1.807, 2.05) is 87.8 Å². The molecule has 4 heterocycles. The van der Waals surface area contributed by atoms with Crippen molar-refractivity contribution in [2.75, 3.05) is 36.5 Å². The minimum Gasteiger partial charge on any atom is -0.488 e. The number of imidazole rings is 1. The number of nitrogens with zero attached hydrogens (tertiary/aromatic N) is 6. The molecule has 2 aliphatic rings. The van der Waals surface area contributed by atoms with E-state index < -0.39 is 5.60 Å². The van der Waals surface area contributed by atoms with Crippen LogP contribution >= 0.6 is 0 Å². The first kappa shape index (κ1) is 27.8. The van der Waals surface area contributed by atoms with Gasteiger partial charge in [0.05, 0.1) is 40.0 Å². The lowest BCUT2D eigenvalue weighted by Gasteiger charge is -2.45. The highest BCUT2D eigenvalue weighted by atomic mass is 16.6. The van der Waals surface area contributed by atoms with E-state index in [0.29, 0.717) is 32.1 Å². The summed E-state index contributed by atoms with van der Waals surface area (Å²) < 4.78 is 20.2. The zero-order valence-corrected chi connectivity index (χ0v) is 25.5. The number of ether oxygens (including phenoxy) is 3. The minimum atomic E-state index is -0.535. The molecule has 3 aromatic carbocycles. The first-order valence-electron chi connectivity index (χ1n) is 14.7. The van der Waals surface area contributed by atoms with Gasteiger partial charge in [-0.1, -0.05) is 0 Å². The molecule has 0 radical (unpaired) electrons. The van der Waals surface area contributed by atoms with Gasteiger partial charge >= 0.3 is 6.09 Å². The zero-order valence-electron chi connectivity index (χ0n) is 25.5. The Morgan fingerprint density at radius 2 is 1.89 bits per heavy atom. The Kier molecular flexibility index (Phi) is 6.68. The fourth-order valence-electron chi connectivity index (χ4n) is 5.85. The third-order valence-electron chi connectivity index (χ3n) is 7.96. The highest BCUT2D eigenvalue weighted by molar-refractivity contribution is 6.00. The maximum atomic E-state index is 12.7. The predicted octanol–water partition coefficient (Wildman–Crippen LogP) is 6.18. The molecular weight excluding hydrogens is 558 g/mol. The van der Waals surface area contributed by atoms with Crippen LogP contribution in [0.25, 0.3) is 21.9 Å². The molecule has 11 heteroatoms. The van der Waals surface area contributed by atoms with Gasteiger partial charge in [-0.25, -0.2) is 19.7 Å². The van der Waals surface area contributed by atoms with Crippen LogP contribution in [0.2, 0.25) is 0 Å². The van der Waals surface area contributed by atoms with Gasteiger partial charge in [0.25, 0.3) is 0 Å². The number of nitrogens with one attached hydrogen (secondary N) is 1. The summed E-state index contributed by atoms with van der Waals surface area (Å²) >= 11 is 0. The molecule has 0 bridgehead atoms. The van der Waals surface area contributed by atoms with Crippen LogP contribution in [0, 0.1) is 6.92 Å². The second-order valence-corrected chi connectivity index (χ2v) is 12.3. The van der Waals surface area contributed by atoms with Crippen LogP contribution in [-0.4, -0.2) is 68.4 Å². The molecule has 1 fully saturated rings. The Bertz CT molecular complexity index is 1900. The van der Waals surface area contributed by atoms with E-state index in [2.05, 4.69) is 25.2 Å². The van der Waals surface area contributed by atoms with Crippen LogP contribution in [0.5, 0.6) is 17.2 Å². The lowest BCUT2D eigenvalue weighted by atomic mass is 10.1. The molecule has 1 N–H and O–H groups in total. The summed E-state index contributed by atoms with van der Waals surface area (Å²) in [5, 5.41) is 4.30. The van der Waals surface area contributed by atoms with Gasteiger partial charge < -0.3 is 33.9 Å². The van der Waals surface area contributed by atoms with Gasteiger partial charge in [0.2, 0.25) is 0 Å². The quantitative estimate of drug-likeness (QED) is 0.261. The number of rotatable bonds is 4. The van der Waals surface area contributed by atoms with Crippen LogP contribution in [0.3, 0.4) is 0 Å². The number of carbonyl (C=O) groups is 1. The number of aryl methyl sites for hydroxylation is 2. The lowest BCUT2D eigenvalue weighted by Crippen LogP contribution is -2.59. The molecule has 2 aromatic heterocycles. The number of anilines is 3. The van der Waals surface area contributed by atoms with Gasteiger partial charge in [0, 0.05) is 38.4 Å². The fourth-order valence-corrected chi connectivity index (χ4v) is 5.85. The molecule has 0 aliphatic carbocycles. The highest BCUT2D eigenvalue weighted by Crippen LogP contribution is 2.43. The third-order valence-corrected chi connectivity index (χ3v) is 7.96. The second-order valence-electron chi connectivity index (χ2n) is 12.3. The van der Waals surface area contributed by atoms with Crippen LogP contribution in [-0.2, 0) is 11.8 Å². The maximum absolute atomic E-state index is 12.7. The Hall–Kier alpha value is -5.06. The normalized spacial score (nSPS) is 16.3. The van der Waals surface area contributed by atoms with Crippen molar-refractivity contribution in [1.29, 1.82) is 0 Å². The van der Waals surface area contributed by atoms with Crippen molar-refractivity contribution in [3.05, 3.63) is 66.7 Å². The highest BCUT2D eigenvalue weighted by Gasteiger charge is 2.37. The summed E-state index contributed by atoms with van der Waals surface area (Å²) in [6.45, 7) is 9.88. The molecule has 0 unspecified atom stereocenters. The van der Waals surface area contributed by atoms with E-state index in [0.717, 1.165) is 56.1 Å². The number of hydrogen-bond donors (Lipinski definition) is 1. The van der Waals surface area contributed by atoms with E-state index in [9.17, 15) is 4.79 Å². The molecule has 7 rings (SSSR count). The van der Waals surface area contributed by atoms with E-state index in [1.54, 1.807) is 17.6 Å². The number of fused-ring (bicyclic) bond motifs is 6. The van der Waals surface area contributed by atoms with Gasteiger partial charge in [-0.15, -0.1) is 0 Å². The third kappa shape index (κ3) is 5.18. The van der Waals surface area contributed by atoms with Crippen LogP contribution < -0.4 is 19.7 Å². The Balaban J connectivity index is 1.12. The van der Waals surface area contributed by atoms with Gasteiger partial charge in [0.15, 0.2) is 5.75 Å². The van der Waals surface area contributed by atoms with Gasteiger partial charge in [-0.05, 0) is 75.7 Å². The molecular formula is C33H35N7O4. The zero-order chi connectivity index (χ0) is 30.6. The van der Waals surface area contributed by atoms with E-state index in [-0.39, 0.29) is 12.1 Å². The average Bonchev–Trinajstić information content (AvgIpc) is 3.36. The standard InChI is InChI=1S/C33H35N7O4/c1-20-14-21(6-11-28(20)43-23-7-9-26-25(15-23)36-19-38(26)5)37-31-29-24(34-18-35-31)8-10-27-30(29)42-17-22-16-39(12-13-40(22)27)32(41)44-33(2,3)4/h6-11,14-15,18-19,22H,12-13,16-17H2,1-5H3,(H,34,35,37)/t22-/m1/s1. The SMILES string of the molecule is Cc1cc(Nc2ncnc3ccc4c(c23)OC[C@H]2CN(C(=O)OC(C)(C)C)CCN42)ccc1Oc1ccc2c(c1)ncn2C. The molecule has 2 aliphatic heterocycles.